The molecule has 24 heavy (non-hydrogen) atoms. The van der Waals surface area contributed by atoms with E-state index in [4.69, 9.17) is 0 Å². The number of carbonyl (C=O) groups is 1. The average Bonchev–Trinajstić information content (AvgIpc) is 3.13. The molecule has 0 aliphatic heterocycles. The highest BCUT2D eigenvalue weighted by Gasteiger charge is 2.10. The maximum atomic E-state index is 11.7. The second-order valence-corrected chi connectivity index (χ2v) is 5.87. The number of carbonyl (C=O) groups excluding carboxylic acids is 1. The number of imidazole rings is 1. The molecule has 2 aromatic carbocycles. The van der Waals surface area contributed by atoms with E-state index in [2.05, 4.69) is 15.3 Å². The fraction of sp³-hybridized carbons (Fsp3) is 0.263. The van der Waals surface area contributed by atoms with Crippen molar-refractivity contribution in [3.63, 3.8) is 0 Å². The van der Waals surface area contributed by atoms with E-state index >= 15 is 0 Å². The lowest BCUT2D eigenvalue weighted by molar-refractivity contribution is 0.0963. The summed E-state index contributed by atoms with van der Waals surface area (Å²) in [5.41, 5.74) is 2.55. The number of rotatable bonds is 6. The maximum Gasteiger partial charge on any atom is 0.251 e. The third-order valence-electron chi connectivity index (χ3n) is 4.20. The van der Waals surface area contributed by atoms with Crippen LogP contribution in [0, 0.1) is 0 Å². The number of benzene rings is 2. The number of aromatic amines is 1. The lowest BCUT2D eigenvalue weighted by Gasteiger charge is -2.12. The Morgan fingerprint density at radius 2 is 2.04 bits per heavy atom. The number of aromatic nitrogens is 2. The van der Waals surface area contributed by atoms with Crippen molar-refractivity contribution in [2.24, 2.45) is 0 Å². The number of nitrogens with zero attached hydrogens (tertiary/aromatic N) is 1. The Morgan fingerprint density at radius 1 is 1.25 bits per heavy atom. The highest BCUT2D eigenvalue weighted by Crippen LogP contribution is 2.24. The van der Waals surface area contributed by atoms with E-state index < -0.39 is 6.10 Å². The Kier molecular flexibility index (Phi) is 4.91. The van der Waals surface area contributed by atoms with Gasteiger partial charge in [-0.1, -0.05) is 18.2 Å². The van der Waals surface area contributed by atoms with Crippen LogP contribution in [0.4, 0.5) is 0 Å². The molecule has 0 saturated heterocycles. The highest BCUT2D eigenvalue weighted by molar-refractivity contribution is 5.98. The first-order valence-corrected chi connectivity index (χ1v) is 8.09. The monoisotopic (exact) mass is 323 g/mol. The molecule has 1 heterocycles. The van der Waals surface area contributed by atoms with Crippen LogP contribution in [0.3, 0.4) is 0 Å². The molecular formula is C19H21N3O2. The summed E-state index contributed by atoms with van der Waals surface area (Å²) in [7, 11) is 1.62. The molecule has 5 nitrogen and oxygen atoms in total. The van der Waals surface area contributed by atoms with E-state index in [1.54, 1.807) is 19.4 Å². The second kappa shape index (κ2) is 7.27. The van der Waals surface area contributed by atoms with Crippen molar-refractivity contribution in [2.45, 2.75) is 25.4 Å². The number of aryl methyl sites for hydroxylation is 1. The fourth-order valence-corrected chi connectivity index (χ4v) is 2.83. The van der Waals surface area contributed by atoms with E-state index in [1.807, 2.05) is 36.5 Å². The summed E-state index contributed by atoms with van der Waals surface area (Å²) in [5.74, 6) is -0.0978. The van der Waals surface area contributed by atoms with Crippen molar-refractivity contribution >= 4 is 16.7 Å². The number of fused-ring (bicyclic) bond motifs is 1. The SMILES string of the molecule is CNC(=O)c1ccc2cc(C(O)CCCc3c[nH]cn3)ccc2c1. The van der Waals surface area contributed by atoms with Crippen LogP contribution in [0.15, 0.2) is 48.9 Å². The van der Waals surface area contributed by atoms with E-state index in [-0.39, 0.29) is 5.91 Å². The molecule has 3 N–H and O–H groups in total. The van der Waals surface area contributed by atoms with Crippen molar-refractivity contribution in [3.8, 4) is 0 Å². The molecular weight excluding hydrogens is 302 g/mol. The lowest BCUT2D eigenvalue weighted by atomic mass is 9.98. The predicted octanol–water partition coefficient (Wildman–Crippen LogP) is 2.98. The van der Waals surface area contributed by atoms with Crippen LogP contribution in [0.2, 0.25) is 0 Å². The van der Waals surface area contributed by atoms with Crippen LogP contribution in [-0.2, 0) is 6.42 Å². The van der Waals surface area contributed by atoms with Crippen LogP contribution < -0.4 is 5.32 Å². The van der Waals surface area contributed by atoms with Crippen molar-refractivity contribution in [1.82, 2.24) is 15.3 Å². The molecule has 1 atom stereocenters. The molecule has 0 aliphatic carbocycles. The van der Waals surface area contributed by atoms with E-state index in [1.165, 1.54) is 0 Å². The summed E-state index contributed by atoms with van der Waals surface area (Å²) in [6, 6.07) is 11.4. The molecule has 0 spiro atoms. The zero-order chi connectivity index (χ0) is 16.9. The van der Waals surface area contributed by atoms with Gasteiger partial charge in [-0.2, -0.15) is 0 Å². The van der Waals surface area contributed by atoms with E-state index in [0.29, 0.717) is 12.0 Å². The first-order valence-electron chi connectivity index (χ1n) is 8.09. The number of aliphatic hydroxyl groups is 1. The largest absolute Gasteiger partial charge is 0.388 e. The minimum Gasteiger partial charge on any atom is -0.388 e. The summed E-state index contributed by atoms with van der Waals surface area (Å²) in [6.07, 6.45) is 5.47. The molecule has 3 rings (SSSR count). The first kappa shape index (κ1) is 16.2. The number of aliphatic hydroxyl groups excluding tert-OH is 1. The Hall–Kier alpha value is -2.66. The molecule has 0 aliphatic rings. The summed E-state index contributed by atoms with van der Waals surface area (Å²) in [5, 5.41) is 15.0. The molecule has 1 aromatic heterocycles. The van der Waals surface area contributed by atoms with Gasteiger partial charge >= 0.3 is 0 Å². The van der Waals surface area contributed by atoms with Gasteiger partial charge in [0.2, 0.25) is 0 Å². The van der Waals surface area contributed by atoms with Gasteiger partial charge in [-0.05, 0) is 53.8 Å². The summed E-state index contributed by atoms with van der Waals surface area (Å²) in [4.78, 5) is 18.8. The molecule has 5 heteroatoms. The maximum absolute atomic E-state index is 11.7. The third-order valence-corrected chi connectivity index (χ3v) is 4.20. The van der Waals surface area contributed by atoms with Gasteiger partial charge in [0.05, 0.1) is 18.1 Å². The van der Waals surface area contributed by atoms with Gasteiger partial charge in [0.15, 0.2) is 0 Å². The summed E-state index contributed by atoms with van der Waals surface area (Å²) >= 11 is 0. The highest BCUT2D eigenvalue weighted by atomic mass is 16.3. The van der Waals surface area contributed by atoms with Gasteiger partial charge in [0, 0.05) is 18.8 Å². The van der Waals surface area contributed by atoms with Crippen LogP contribution >= 0.6 is 0 Å². The molecule has 0 bridgehead atoms. The van der Waals surface area contributed by atoms with Gasteiger partial charge in [0.1, 0.15) is 0 Å². The molecule has 1 unspecified atom stereocenters. The van der Waals surface area contributed by atoms with Crippen molar-refractivity contribution in [1.29, 1.82) is 0 Å². The van der Waals surface area contributed by atoms with Gasteiger partial charge in [-0.25, -0.2) is 4.98 Å². The lowest BCUT2D eigenvalue weighted by Crippen LogP contribution is -2.17. The number of hydrogen-bond acceptors (Lipinski definition) is 3. The van der Waals surface area contributed by atoms with Gasteiger partial charge < -0.3 is 15.4 Å². The fourth-order valence-electron chi connectivity index (χ4n) is 2.83. The Balaban J connectivity index is 1.69. The first-order chi connectivity index (χ1) is 11.7. The number of nitrogens with one attached hydrogen (secondary N) is 2. The smallest absolute Gasteiger partial charge is 0.251 e. The summed E-state index contributed by atoms with van der Waals surface area (Å²) in [6.45, 7) is 0. The topological polar surface area (TPSA) is 78.0 Å². The summed E-state index contributed by atoms with van der Waals surface area (Å²) < 4.78 is 0. The Labute approximate surface area is 140 Å². The molecule has 0 fully saturated rings. The Morgan fingerprint density at radius 3 is 2.79 bits per heavy atom. The molecule has 0 radical (unpaired) electrons. The standard InChI is InChI=1S/C19H21N3O2/c1-20-19(24)16-8-6-13-9-15(7-5-14(13)10-16)18(23)4-2-3-17-11-21-12-22-17/h5-12,18,23H,2-4H2,1H3,(H,20,24)(H,21,22). The van der Waals surface area contributed by atoms with Crippen molar-refractivity contribution in [3.05, 3.63) is 65.7 Å². The Bertz CT molecular complexity index is 828. The second-order valence-electron chi connectivity index (χ2n) is 5.87. The van der Waals surface area contributed by atoms with Gasteiger partial charge in [-0.15, -0.1) is 0 Å². The van der Waals surface area contributed by atoms with Crippen molar-refractivity contribution < 1.29 is 9.90 Å². The zero-order valence-corrected chi connectivity index (χ0v) is 13.6. The number of hydrogen-bond donors (Lipinski definition) is 3. The van der Waals surface area contributed by atoms with E-state index in [0.717, 1.165) is 34.9 Å². The normalized spacial score (nSPS) is 12.2. The number of amides is 1. The molecule has 0 saturated carbocycles. The zero-order valence-electron chi connectivity index (χ0n) is 13.6. The van der Waals surface area contributed by atoms with Crippen LogP contribution in [-0.4, -0.2) is 28.0 Å². The molecule has 124 valence electrons. The van der Waals surface area contributed by atoms with Gasteiger partial charge in [0.25, 0.3) is 5.91 Å². The van der Waals surface area contributed by atoms with Gasteiger partial charge in [-0.3, -0.25) is 4.79 Å². The minimum atomic E-state index is -0.494. The molecule has 3 aromatic rings. The average molecular weight is 323 g/mol. The minimum absolute atomic E-state index is 0.0978. The van der Waals surface area contributed by atoms with Crippen LogP contribution in [0.1, 0.15) is 40.6 Å². The number of H-pyrrole nitrogens is 1. The third kappa shape index (κ3) is 3.63. The van der Waals surface area contributed by atoms with E-state index in [9.17, 15) is 9.90 Å². The predicted molar refractivity (Wildman–Crippen MR) is 93.8 cm³/mol. The molecule has 1 amide bonds. The van der Waals surface area contributed by atoms with Crippen molar-refractivity contribution in [2.75, 3.05) is 7.05 Å². The van der Waals surface area contributed by atoms with Crippen LogP contribution in [0.25, 0.3) is 10.8 Å². The quantitative estimate of drug-likeness (QED) is 0.652. The van der Waals surface area contributed by atoms with Crippen LogP contribution in [0.5, 0.6) is 0 Å².